The third kappa shape index (κ3) is 18.8. The fourth-order valence-electron chi connectivity index (χ4n) is 2.34. The van der Waals surface area contributed by atoms with Gasteiger partial charge in [-0.3, -0.25) is 24.9 Å². The van der Waals surface area contributed by atoms with Crippen molar-refractivity contribution < 1.29 is 0 Å². The number of benzene rings is 1. The summed E-state index contributed by atoms with van der Waals surface area (Å²) in [6, 6.07) is 13.5. The van der Waals surface area contributed by atoms with Gasteiger partial charge in [0.2, 0.25) is 0 Å². The number of para-hydroxylation sites is 2. The number of rotatable bonds is 0. The third-order valence-electron chi connectivity index (χ3n) is 4.04. The van der Waals surface area contributed by atoms with Crippen LogP contribution in [0.4, 0.5) is 0 Å². The van der Waals surface area contributed by atoms with Gasteiger partial charge in [0.1, 0.15) is 0 Å². The second kappa shape index (κ2) is 24.9. The molecule has 0 radical (unpaired) electrons. The Morgan fingerprint density at radius 3 is 0.857 bits per heavy atom. The molecule has 0 amide bonds. The Bertz CT molecular complexity index is 1190. The first kappa shape index (κ1) is 31.8. The molecule has 13 heteroatoms. The number of fused-ring (bicyclic) bond motifs is 1. The topological polar surface area (TPSA) is 179 Å². The zero-order chi connectivity index (χ0) is 29.4. The average molecular weight is 562 g/mol. The molecule has 0 atom stereocenters. The van der Waals surface area contributed by atoms with Gasteiger partial charge in [0, 0.05) is 99.1 Å². The minimum atomic E-state index is 0.949. The fourth-order valence-corrected chi connectivity index (χ4v) is 2.34. The van der Waals surface area contributed by atoms with Crippen molar-refractivity contribution >= 4 is 11.0 Å². The average Bonchev–Trinajstić information content (AvgIpc) is 3.94. The SMILES string of the molecule is c1c[nH]cn1.c1c[nH]cn1.c1c[nH]cn1.c1c[nH]cn1.c1ccc2nccnc2c1.c1ccncc1.c1cnccn1. The van der Waals surface area contributed by atoms with Crippen LogP contribution in [0.3, 0.4) is 0 Å². The number of hydrogen-bond donors (Lipinski definition) is 4. The van der Waals surface area contributed by atoms with Crippen molar-refractivity contribution in [2.75, 3.05) is 0 Å². The number of imidazole rings is 4. The molecule has 0 bridgehead atoms. The van der Waals surface area contributed by atoms with Crippen molar-refractivity contribution in [3.05, 3.63) is 167 Å². The summed E-state index contributed by atoms with van der Waals surface area (Å²) in [5.41, 5.74) is 1.90. The number of nitrogens with one attached hydrogen (secondary N) is 4. The Kier molecular flexibility index (Phi) is 18.9. The van der Waals surface area contributed by atoms with E-state index < -0.39 is 0 Å². The summed E-state index contributed by atoms with van der Waals surface area (Å²) in [7, 11) is 0. The molecule has 8 rings (SSSR count). The van der Waals surface area contributed by atoms with Crippen LogP contribution in [0.25, 0.3) is 11.0 Å². The molecule has 0 unspecified atom stereocenters. The summed E-state index contributed by atoms with van der Waals surface area (Å²) in [6.07, 6.45) is 33.8. The zero-order valence-corrected chi connectivity index (χ0v) is 22.6. The summed E-state index contributed by atoms with van der Waals surface area (Å²) >= 11 is 0. The number of nitrogens with zero attached hydrogens (tertiary/aromatic N) is 9. The normalized spacial score (nSPS) is 8.48. The van der Waals surface area contributed by atoms with E-state index in [-0.39, 0.29) is 0 Å². The zero-order valence-electron chi connectivity index (χ0n) is 22.6. The third-order valence-corrected chi connectivity index (χ3v) is 4.04. The van der Waals surface area contributed by atoms with E-state index >= 15 is 0 Å². The van der Waals surface area contributed by atoms with E-state index in [1.807, 2.05) is 42.5 Å². The van der Waals surface area contributed by atoms with Crippen LogP contribution in [0.1, 0.15) is 0 Å². The van der Waals surface area contributed by atoms with Crippen LogP contribution in [0.5, 0.6) is 0 Å². The molecule has 0 spiro atoms. The smallest absolute Gasteiger partial charge is 0.0919 e. The maximum atomic E-state index is 4.12. The van der Waals surface area contributed by atoms with Gasteiger partial charge >= 0.3 is 0 Å². The van der Waals surface area contributed by atoms with E-state index in [2.05, 4.69) is 64.8 Å². The molecule has 7 heterocycles. The van der Waals surface area contributed by atoms with E-state index in [0.717, 1.165) is 11.0 Å². The molecule has 1 aromatic carbocycles. The second-order valence-electron chi connectivity index (χ2n) is 7.01. The molecule has 0 aliphatic rings. The number of H-pyrrole nitrogens is 4. The van der Waals surface area contributed by atoms with Crippen LogP contribution in [0.2, 0.25) is 0 Å². The number of hydrogen-bond acceptors (Lipinski definition) is 9. The Balaban J connectivity index is 0.000000175. The van der Waals surface area contributed by atoms with Crippen molar-refractivity contribution in [3.63, 3.8) is 0 Å². The molecule has 42 heavy (non-hydrogen) atoms. The van der Waals surface area contributed by atoms with Gasteiger partial charge in [0.25, 0.3) is 0 Å². The summed E-state index contributed by atoms with van der Waals surface area (Å²) in [5.74, 6) is 0. The first-order valence-corrected chi connectivity index (χ1v) is 12.4. The Morgan fingerprint density at radius 1 is 0.310 bits per heavy atom. The van der Waals surface area contributed by atoms with Gasteiger partial charge in [0.05, 0.1) is 36.3 Å². The Morgan fingerprint density at radius 2 is 0.667 bits per heavy atom. The molecular weight excluding hydrogens is 530 g/mol. The van der Waals surface area contributed by atoms with Gasteiger partial charge in [-0.2, -0.15) is 0 Å². The highest BCUT2D eigenvalue weighted by Gasteiger charge is 1.88. The summed E-state index contributed by atoms with van der Waals surface area (Å²) in [4.78, 5) is 45.1. The number of aromatic nitrogens is 13. The van der Waals surface area contributed by atoms with Crippen LogP contribution in [0, 0.1) is 0 Å². The van der Waals surface area contributed by atoms with Crippen LogP contribution in [0.15, 0.2) is 167 Å². The van der Waals surface area contributed by atoms with Crippen LogP contribution < -0.4 is 0 Å². The van der Waals surface area contributed by atoms with Crippen LogP contribution >= 0.6 is 0 Å². The Labute approximate surface area is 242 Å². The fraction of sp³-hybridized carbons (Fsp3) is 0. The first-order valence-electron chi connectivity index (χ1n) is 12.4. The number of pyridine rings is 1. The minimum Gasteiger partial charge on any atom is -0.351 e. The molecule has 13 nitrogen and oxygen atoms in total. The predicted molar refractivity (Wildman–Crippen MR) is 160 cm³/mol. The minimum absolute atomic E-state index is 0.949. The van der Waals surface area contributed by atoms with Crippen molar-refractivity contribution in [1.82, 2.24) is 64.8 Å². The van der Waals surface area contributed by atoms with E-state index in [1.54, 1.807) is 124 Å². The van der Waals surface area contributed by atoms with Gasteiger partial charge in [-0.05, 0) is 24.3 Å². The molecule has 0 fully saturated rings. The van der Waals surface area contributed by atoms with E-state index in [9.17, 15) is 0 Å². The van der Waals surface area contributed by atoms with Gasteiger partial charge in [-0.1, -0.05) is 18.2 Å². The van der Waals surface area contributed by atoms with Crippen molar-refractivity contribution in [2.45, 2.75) is 0 Å². The highest BCUT2D eigenvalue weighted by atomic mass is 14.8. The highest BCUT2D eigenvalue weighted by Crippen LogP contribution is 2.04. The molecule has 8 aromatic rings. The van der Waals surface area contributed by atoms with Gasteiger partial charge in [-0.15, -0.1) is 0 Å². The van der Waals surface area contributed by atoms with E-state index in [1.165, 1.54) is 0 Å². The van der Waals surface area contributed by atoms with Gasteiger partial charge in [0.15, 0.2) is 0 Å². The lowest BCUT2D eigenvalue weighted by Gasteiger charge is -1.90. The maximum absolute atomic E-state index is 4.12. The maximum Gasteiger partial charge on any atom is 0.0919 e. The molecule has 0 saturated carbocycles. The largest absolute Gasteiger partial charge is 0.351 e. The summed E-state index contributed by atoms with van der Waals surface area (Å²) in [6.45, 7) is 0. The molecule has 0 saturated heterocycles. The van der Waals surface area contributed by atoms with E-state index in [0.29, 0.717) is 0 Å². The second-order valence-corrected chi connectivity index (χ2v) is 7.01. The monoisotopic (exact) mass is 561 g/mol. The van der Waals surface area contributed by atoms with Crippen molar-refractivity contribution in [3.8, 4) is 0 Å². The lowest BCUT2D eigenvalue weighted by molar-refractivity contribution is 1.20. The number of aromatic amines is 4. The molecule has 4 N–H and O–H groups in total. The standard InChI is InChI=1S/C8H6N2.C5H5N.C4H4N2.4C3H4N2/c1-2-4-8-7(3-1)9-5-6-10-8;1-2-4-6-5-3-1;1-2-6-4-3-5-1;4*1-2-5-3-4-1/h1-6H;1-5H;1-4H;4*1-3H,(H,4,5). The molecule has 7 aromatic heterocycles. The van der Waals surface area contributed by atoms with E-state index in [4.69, 9.17) is 0 Å². The Hall–Kier alpha value is -6.37. The highest BCUT2D eigenvalue weighted by molar-refractivity contribution is 5.72. The predicted octanol–water partition coefficient (Wildman–Crippen LogP) is 4.83. The van der Waals surface area contributed by atoms with Crippen LogP contribution in [-0.2, 0) is 0 Å². The van der Waals surface area contributed by atoms with Crippen molar-refractivity contribution in [1.29, 1.82) is 0 Å². The quantitative estimate of drug-likeness (QED) is 0.202. The lowest BCUT2D eigenvalue weighted by atomic mass is 10.3. The lowest BCUT2D eigenvalue weighted by Crippen LogP contribution is -1.78. The molecule has 212 valence electrons. The summed E-state index contributed by atoms with van der Waals surface area (Å²) < 4.78 is 0. The van der Waals surface area contributed by atoms with Crippen molar-refractivity contribution in [2.24, 2.45) is 0 Å². The molecule has 0 aliphatic heterocycles. The molecule has 0 aliphatic carbocycles. The summed E-state index contributed by atoms with van der Waals surface area (Å²) in [5, 5.41) is 0. The van der Waals surface area contributed by atoms with Gasteiger partial charge in [-0.25, -0.2) is 19.9 Å². The van der Waals surface area contributed by atoms with Crippen LogP contribution in [-0.4, -0.2) is 64.8 Å². The van der Waals surface area contributed by atoms with Gasteiger partial charge < -0.3 is 19.9 Å². The molecular formula is C29H31N13. The first-order chi connectivity index (χ1) is 21.0.